The number of hydrogen-bond acceptors (Lipinski definition) is 3. The van der Waals surface area contributed by atoms with Gasteiger partial charge in [0.15, 0.2) is 0 Å². The molecule has 4 nitrogen and oxygen atoms in total. The Balaban J connectivity index is 1.94. The summed E-state index contributed by atoms with van der Waals surface area (Å²) >= 11 is 0. The molecule has 0 bridgehead atoms. The van der Waals surface area contributed by atoms with Crippen LogP contribution in [0.1, 0.15) is 37.7 Å². The number of ketones is 1. The molecule has 0 radical (unpaired) electrons. The Bertz CT molecular complexity index is 386. The summed E-state index contributed by atoms with van der Waals surface area (Å²) in [6, 6.07) is 9.96. The van der Waals surface area contributed by atoms with Crippen molar-refractivity contribution in [2.45, 2.75) is 38.7 Å². The fraction of sp³-hybridized carbons (Fsp3) is 0.467. The third-order valence-corrected chi connectivity index (χ3v) is 2.70. The maximum Gasteiger partial charge on any atom is 0.310 e. The lowest BCUT2D eigenvalue weighted by atomic mass is 10.1. The Morgan fingerprint density at radius 2 is 1.79 bits per heavy atom. The fourth-order valence-electron chi connectivity index (χ4n) is 1.72. The van der Waals surface area contributed by atoms with Crippen LogP contribution in [-0.4, -0.2) is 23.5 Å². The van der Waals surface area contributed by atoms with Gasteiger partial charge in [-0.15, -0.1) is 0 Å². The highest BCUT2D eigenvalue weighted by atomic mass is 16.5. The minimum Gasteiger partial charge on any atom is -0.481 e. The molecule has 0 saturated carbocycles. The van der Waals surface area contributed by atoms with E-state index >= 15 is 0 Å². The number of benzene rings is 1. The molecule has 0 saturated heterocycles. The summed E-state index contributed by atoms with van der Waals surface area (Å²) in [7, 11) is 0. The van der Waals surface area contributed by atoms with Crippen molar-refractivity contribution < 1.29 is 19.4 Å². The number of carboxylic acids is 1. The quantitative estimate of drug-likeness (QED) is 0.521. The molecule has 1 N–H and O–H groups in total. The van der Waals surface area contributed by atoms with E-state index in [1.54, 1.807) is 0 Å². The molecule has 1 aromatic carbocycles. The van der Waals surface area contributed by atoms with Crippen molar-refractivity contribution in [1.82, 2.24) is 0 Å². The third kappa shape index (κ3) is 8.11. The van der Waals surface area contributed by atoms with Crippen LogP contribution in [-0.2, 0) is 20.9 Å². The van der Waals surface area contributed by atoms with Gasteiger partial charge < -0.3 is 9.84 Å². The molecule has 1 rings (SSSR count). The summed E-state index contributed by atoms with van der Waals surface area (Å²) in [5.74, 6) is -1.24. The second kappa shape index (κ2) is 9.28. The van der Waals surface area contributed by atoms with Gasteiger partial charge in [0.05, 0.1) is 6.61 Å². The van der Waals surface area contributed by atoms with Crippen LogP contribution in [0, 0.1) is 0 Å². The van der Waals surface area contributed by atoms with Gasteiger partial charge in [-0.1, -0.05) is 36.8 Å². The van der Waals surface area contributed by atoms with Crippen LogP contribution in [0.4, 0.5) is 0 Å². The molecule has 0 aliphatic rings. The number of unbranched alkanes of at least 4 members (excludes halogenated alkanes) is 2. The van der Waals surface area contributed by atoms with Gasteiger partial charge in [-0.3, -0.25) is 9.59 Å². The smallest absolute Gasteiger partial charge is 0.310 e. The summed E-state index contributed by atoms with van der Waals surface area (Å²) in [5.41, 5.74) is 1.15. The monoisotopic (exact) mass is 264 g/mol. The Morgan fingerprint density at radius 1 is 1.05 bits per heavy atom. The maximum atomic E-state index is 11.1. The first kappa shape index (κ1) is 15.4. The van der Waals surface area contributed by atoms with E-state index in [0.29, 0.717) is 19.6 Å². The first-order valence-electron chi connectivity index (χ1n) is 6.53. The second-order valence-corrected chi connectivity index (χ2v) is 4.46. The molecule has 0 atom stereocenters. The van der Waals surface area contributed by atoms with Crippen LogP contribution in [0.5, 0.6) is 0 Å². The van der Waals surface area contributed by atoms with Crippen LogP contribution in [0.2, 0.25) is 0 Å². The molecule has 0 spiro atoms. The summed E-state index contributed by atoms with van der Waals surface area (Å²) in [5, 5.41) is 8.42. The van der Waals surface area contributed by atoms with Gasteiger partial charge in [0.1, 0.15) is 12.2 Å². The average Bonchev–Trinajstić information content (AvgIpc) is 2.38. The topological polar surface area (TPSA) is 63.6 Å². The first-order valence-corrected chi connectivity index (χ1v) is 6.53. The molecular formula is C15H20O4. The molecule has 0 aliphatic heterocycles. The van der Waals surface area contributed by atoms with Gasteiger partial charge in [-0.05, 0) is 18.4 Å². The highest BCUT2D eigenvalue weighted by molar-refractivity contribution is 5.94. The van der Waals surface area contributed by atoms with E-state index in [1.807, 2.05) is 30.3 Å². The second-order valence-electron chi connectivity index (χ2n) is 4.46. The Morgan fingerprint density at radius 3 is 2.47 bits per heavy atom. The predicted molar refractivity (Wildman–Crippen MR) is 71.8 cm³/mol. The molecule has 19 heavy (non-hydrogen) atoms. The molecule has 0 heterocycles. The number of rotatable bonds is 10. The lowest BCUT2D eigenvalue weighted by Gasteiger charge is -2.04. The van der Waals surface area contributed by atoms with Crippen molar-refractivity contribution in [3.63, 3.8) is 0 Å². The number of hydrogen-bond donors (Lipinski definition) is 1. The number of carboxylic acid groups (broad SMARTS) is 1. The summed E-state index contributed by atoms with van der Waals surface area (Å²) in [4.78, 5) is 21.4. The van der Waals surface area contributed by atoms with Gasteiger partial charge >= 0.3 is 5.97 Å². The summed E-state index contributed by atoms with van der Waals surface area (Å²) in [6.45, 7) is 1.28. The van der Waals surface area contributed by atoms with Crippen molar-refractivity contribution in [2.75, 3.05) is 6.61 Å². The number of ether oxygens (including phenoxy) is 1. The molecule has 4 heteroatoms. The molecule has 0 aromatic heterocycles. The number of carbonyl (C=O) groups excluding carboxylic acids is 1. The van der Waals surface area contributed by atoms with Crippen molar-refractivity contribution in [1.29, 1.82) is 0 Å². The highest BCUT2D eigenvalue weighted by Crippen LogP contribution is 2.05. The van der Waals surface area contributed by atoms with Crippen LogP contribution >= 0.6 is 0 Å². The van der Waals surface area contributed by atoms with Crippen LogP contribution in [0.15, 0.2) is 30.3 Å². The van der Waals surface area contributed by atoms with E-state index < -0.39 is 5.97 Å². The van der Waals surface area contributed by atoms with Crippen LogP contribution < -0.4 is 0 Å². The van der Waals surface area contributed by atoms with E-state index in [-0.39, 0.29) is 12.2 Å². The standard InChI is InChI=1S/C15H20O4/c16-14(11-15(17)18)9-5-2-6-10-19-12-13-7-3-1-4-8-13/h1,3-4,7-8H,2,5-6,9-12H2,(H,17,18). The van der Waals surface area contributed by atoms with Crippen LogP contribution in [0.25, 0.3) is 0 Å². The van der Waals surface area contributed by atoms with Crippen molar-refractivity contribution in [3.05, 3.63) is 35.9 Å². The predicted octanol–water partition coefficient (Wildman–Crippen LogP) is 2.81. The van der Waals surface area contributed by atoms with Gasteiger partial charge in [-0.25, -0.2) is 0 Å². The zero-order valence-corrected chi connectivity index (χ0v) is 11.0. The minimum atomic E-state index is -1.05. The molecule has 0 fully saturated rings. The molecule has 1 aromatic rings. The summed E-state index contributed by atoms with van der Waals surface area (Å²) < 4.78 is 5.51. The van der Waals surface area contributed by atoms with Gasteiger partial charge in [0.2, 0.25) is 0 Å². The maximum absolute atomic E-state index is 11.1. The largest absolute Gasteiger partial charge is 0.481 e. The van der Waals surface area contributed by atoms with Gasteiger partial charge in [-0.2, -0.15) is 0 Å². The SMILES string of the molecule is O=C(O)CC(=O)CCCCCOCc1ccccc1. The first-order chi connectivity index (χ1) is 9.18. The van der Waals surface area contributed by atoms with Gasteiger partial charge in [0, 0.05) is 13.0 Å². The average molecular weight is 264 g/mol. The zero-order chi connectivity index (χ0) is 13.9. The Hall–Kier alpha value is -1.68. The van der Waals surface area contributed by atoms with Crippen molar-refractivity contribution in [2.24, 2.45) is 0 Å². The lowest BCUT2D eigenvalue weighted by Crippen LogP contribution is -2.06. The molecule has 104 valence electrons. The fourth-order valence-corrected chi connectivity index (χ4v) is 1.72. The molecule has 0 unspecified atom stereocenters. The third-order valence-electron chi connectivity index (χ3n) is 2.70. The van der Waals surface area contributed by atoms with Crippen molar-refractivity contribution in [3.8, 4) is 0 Å². The van der Waals surface area contributed by atoms with E-state index in [1.165, 1.54) is 0 Å². The Kier molecular flexibility index (Phi) is 7.51. The normalized spacial score (nSPS) is 10.3. The lowest BCUT2D eigenvalue weighted by molar-refractivity contribution is -0.140. The van der Waals surface area contributed by atoms with E-state index in [2.05, 4.69) is 0 Å². The van der Waals surface area contributed by atoms with Crippen LogP contribution in [0.3, 0.4) is 0 Å². The number of aliphatic carboxylic acids is 1. The summed E-state index contributed by atoms with van der Waals surface area (Å²) in [6.07, 6.45) is 2.52. The zero-order valence-electron chi connectivity index (χ0n) is 11.0. The molecule has 0 aliphatic carbocycles. The van der Waals surface area contributed by atoms with Gasteiger partial charge in [0.25, 0.3) is 0 Å². The Labute approximate surface area is 113 Å². The molecule has 0 amide bonds. The van der Waals surface area contributed by atoms with E-state index in [9.17, 15) is 9.59 Å². The number of Topliss-reactive ketones (excluding diaryl/α,β-unsaturated/α-hetero) is 1. The van der Waals surface area contributed by atoms with E-state index in [4.69, 9.17) is 9.84 Å². The van der Waals surface area contributed by atoms with Crippen molar-refractivity contribution >= 4 is 11.8 Å². The minimum absolute atomic E-state index is 0.197. The molecular weight excluding hydrogens is 244 g/mol. The highest BCUT2D eigenvalue weighted by Gasteiger charge is 2.06. The van der Waals surface area contributed by atoms with E-state index in [0.717, 1.165) is 24.8 Å². The number of carbonyl (C=O) groups is 2.